The summed E-state index contributed by atoms with van der Waals surface area (Å²) in [6.07, 6.45) is 1.13. The lowest BCUT2D eigenvalue weighted by atomic mass is 10.6. The molecule has 0 aromatic rings. The molecule has 0 fully saturated rings. The monoisotopic (exact) mass is 223 g/mol. The van der Waals surface area contributed by atoms with Gasteiger partial charge in [0.05, 0.1) is 0 Å². The second-order valence-corrected chi connectivity index (χ2v) is 4.54. The number of hydrogen-bond donors (Lipinski definition) is 1. The van der Waals surface area contributed by atoms with Crippen LogP contribution in [0, 0.1) is 0 Å². The molecule has 4 heteroatoms. The van der Waals surface area contributed by atoms with Crippen molar-refractivity contribution in [3.63, 3.8) is 0 Å². The molecule has 0 unspecified atom stereocenters. The largest absolute Gasteiger partial charge is 0.358 e. The van der Waals surface area contributed by atoms with Crippen LogP contribution in [0.4, 0.5) is 0 Å². The van der Waals surface area contributed by atoms with Crippen LogP contribution in [-0.4, -0.2) is 33.8 Å². The molecular weight excluding hydrogens is 206 g/mol. The van der Waals surface area contributed by atoms with E-state index in [1.54, 1.807) is 11.8 Å². The average molecular weight is 223 g/mol. The summed E-state index contributed by atoms with van der Waals surface area (Å²) in [7, 11) is 0. The average Bonchev–Trinajstić information content (AvgIpc) is 2.07. The van der Waals surface area contributed by atoms with Crippen molar-refractivity contribution in [2.75, 3.05) is 24.6 Å². The van der Waals surface area contributed by atoms with E-state index in [1.807, 2.05) is 0 Å². The maximum atomic E-state index is 5.25. The highest BCUT2D eigenvalue weighted by atomic mass is 32.2. The molecule has 12 heavy (non-hydrogen) atoms. The highest BCUT2D eigenvalue weighted by Gasteiger charge is 2.04. The first-order chi connectivity index (χ1) is 5.76. The lowest BCUT2D eigenvalue weighted by Crippen LogP contribution is -2.26. The van der Waals surface area contributed by atoms with E-state index in [1.165, 1.54) is 0 Å². The van der Waals surface area contributed by atoms with Crippen molar-refractivity contribution < 1.29 is 0 Å². The predicted octanol–water partition coefficient (Wildman–Crippen LogP) is 2.67. The van der Waals surface area contributed by atoms with Crippen molar-refractivity contribution >= 4 is 40.9 Å². The molecule has 1 nitrogen and oxygen atoms in total. The Morgan fingerprint density at radius 3 is 2.42 bits per heavy atom. The lowest BCUT2D eigenvalue weighted by molar-refractivity contribution is 0.482. The van der Waals surface area contributed by atoms with Gasteiger partial charge in [-0.3, -0.25) is 0 Å². The number of nitrogens with zero attached hydrogens (tertiary/aromatic N) is 1. The van der Waals surface area contributed by atoms with E-state index in [0.29, 0.717) is 0 Å². The van der Waals surface area contributed by atoms with Gasteiger partial charge in [0.25, 0.3) is 0 Å². The van der Waals surface area contributed by atoms with E-state index < -0.39 is 0 Å². The molecule has 72 valence electrons. The van der Waals surface area contributed by atoms with Crippen molar-refractivity contribution in [3.8, 4) is 0 Å². The summed E-state index contributed by atoms with van der Waals surface area (Å²) in [4.78, 5) is 2.21. The Morgan fingerprint density at radius 2 is 2.00 bits per heavy atom. The van der Waals surface area contributed by atoms with Crippen molar-refractivity contribution in [1.82, 2.24) is 4.90 Å². The summed E-state index contributed by atoms with van der Waals surface area (Å²) >= 11 is 11.2. The molecule has 0 aromatic heterocycles. The van der Waals surface area contributed by atoms with Crippen LogP contribution in [0.5, 0.6) is 0 Å². The normalized spacial score (nSPS) is 9.92. The number of hydrogen-bond acceptors (Lipinski definition) is 3. The number of thiocarbonyl (C=S) groups is 1. The first kappa shape index (κ1) is 12.6. The van der Waals surface area contributed by atoms with Gasteiger partial charge in [-0.2, -0.15) is 12.6 Å². The SMILES string of the molecule is CCN(CC)C(=S)SCCCS. The van der Waals surface area contributed by atoms with Gasteiger partial charge >= 0.3 is 0 Å². The molecule has 0 aromatic carbocycles. The summed E-state index contributed by atoms with van der Waals surface area (Å²) in [5, 5.41) is 0. The Labute approximate surface area is 90.7 Å². The Bertz CT molecular complexity index is 123. The minimum atomic E-state index is 0.952. The molecule has 0 spiro atoms. The van der Waals surface area contributed by atoms with Crippen LogP contribution in [0.15, 0.2) is 0 Å². The van der Waals surface area contributed by atoms with Gasteiger partial charge in [0.2, 0.25) is 0 Å². The van der Waals surface area contributed by atoms with Crippen LogP contribution < -0.4 is 0 Å². The minimum Gasteiger partial charge on any atom is -0.358 e. The molecule has 0 amide bonds. The van der Waals surface area contributed by atoms with E-state index in [9.17, 15) is 0 Å². The fraction of sp³-hybridized carbons (Fsp3) is 0.875. The number of thiol groups is 1. The molecule has 0 heterocycles. The molecule has 0 saturated heterocycles. The van der Waals surface area contributed by atoms with Crippen molar-refractivity contribution in [1.29, 1.82) is 0 Å². The zero-order valence-electron chi connectivity index (χ0n) is 7.75. The topological polar surface area (TPSA) is 3.24 Å². The van der Waals surface area contributed by atoms with Crippen LogP contribution in [0.25, 0.3) is 0 Å². The highest BCUT2D eigenvalue weighted by molar-refractivity contribution is 8.22. The first-order valence-corrected chi connectivity index (χ1v) is 6.31. The molecule has 0 N–H and O–H groups in total. The van der Waals surface area contributed by atoms with E-state index in [4.69, 9.17) is 12.2 Å². The zero-order chi connectivity index (χ0) is 9.40. The van der Waals surface area contributed by atoms with Gasteiger partial charge < -0.3 is 4.90 Å². The highest BCUT2D eigenvalue weighted by Crippen LogP contribution is 2.10. The maximum Gasteiger partial charge on any atom is 0.136 e. The van der Waals surface area contributed by atoms with Gasteiger partial charge in [-0.05, 0) is 26.0 Å². The summed E-state index contributed by atoms with van der Waals surface area (Å²) < 4.78 is 1.03. The molecule has 0 aliphatic carbocycles. The third-order valence-corrected chi connectivity index (χ3v) is 3.48. The third-order valence-electron chi connectivity index (χ3n) is 1.55. The Balaban J connectivity index is 3.54. The van der Waals surface area contributed by atoms with E-state index >= 15 is 0 Å². The third kappa shape index (κ3) is 5.27. The molecule has 0 radical (unpaired) electrons. The summed E-state index contributed by atoms with van der Waals surface area (Å²) in [5.41, 5.74) is 0. The van der Waals surface area contributed by atoms with E-state index in [-0.39, 0.29) is 0 Å². The predicted molar refractivity (Wildman–Crippen MR) is 66.4 cm³/mol. The van der Waals surface area contributed by atoms with E-state index in [0.717, 1.165) is 35.3 Å². The molecule has 0 saturated carbocycles. The fourth-order valence-electron chi connectivity index (χ4n) is 0.797. The van der Waals surface area contributed by atoms with Gasteiger partial charge in [0.1, 0.15) is 4.32 Å². The zero-order valence-corrected chi connectivity index (χ0v) is 10.3. The molecular formula is C8H17NS3. The second-order valence-electron chi connectivity index (χ2n) is 2.36. The van der Waals surface area contributed by atoms with Crippen LogP contribution in [0.3, 0.4) is 0 Å². The number of thioether (sulfide) groups is 1. The molecule has 0 aliphatic heterocycles. The summed E-state index contributed by atoms with van der Waals surface area (Å²) in [6, 6.07) is 0. The smallest absolute Gasteiger partial charge is 0.136 e. The lowest BCUT2D eigenvalue weighted by Gasteiger charge is -2.20. The summed E-state index contributed by atoms with van der Waals surface area (Å²) in [6.45, 7) is 6.30. The van der Waals surface area contributed by atoms with Crippen molar-refractivity contribution in [2.45, 2.75) is 20.3 Å². The van der Waals surface area contributed by atoms with Crippen LogP contribution in [-0.2, 0) is 0 Å². The summed E-state index contributed by atoms with van der Waals surface area (Å²) in [5.74, 6) is 2.05. The number of rotatable bonds is 5. The molecule has 0 atom stereocenters. The standard InChI is InChI=1S/C8H17NS3/c1-3-9(4-2)8(11)12-7-5-6-10/h10H,3-7H2,1-2H3. The fourth-order valence-corrected chi connectivity index (χ4v) is 2.58. The molecule has 0 bridgehead atoms. The second kappa shape index (κ2) is 8.20. The van der Waals surface area contributed by atoms with Crippen LogP contribution >= 0.6 is 36.6 Å². The van der Waals surface area contributed by atoms with Gasteiger partial charge in [-0.1, -0.05) is 24.0 Å². The Kier molecular flexibility index (Phi) is 8.60. The van der Waals surface area contributed by atoms with E-state index in [2.05, 4.69) is 31.4 Å². The van der Waals surface area contributed by atoms with Gasteiger partial charge in [0, 0.05) is 18.8 Å². The van der Waals surface area contributed by atoms with Gasteiger partial charge in [0.15, 0.2) is 0 Å². The van der Waals surface area contributed by atoms with Gasteiger partial charge in [-0.15, -0.1) is 0 Å². The van der Waals surface area contributed by atoms with Crippen molar-refractivity contribution in [2.24, 2.45) is 0 Å². The minimum absolute atomic E-state index is 0.952. The molecule has 0 aliphatic rings. The van der Waals surface area contributed by atoms with Crippen molar-refractivity contribution in [3.05, 3.63) is 0 Å². The first-order valence-electron chi connectivity index (χ1n) is 4.28. The molecule has 0 rings (SSSR count). The quantitative estimate of drug-likeness (QED) is 0.434. The van der Waals surface area contributed by atoms with Crippen LogP contribution in [0.1, 0.15) is 20.3 Å². The Morgan fingerprint density at radius 1 is 1.42 bits per heavy atom. The van der Waals surface area contributed by atoms with Gasteiger partial charge in [-0.25, -0.2) is 0 Å². The Hall–Kier alpha value is 0.590. The van der Waals surface area contributed by atoms with Crippen LogP contribution in [0.2, 0.25) is 0 Å². The maximum absolute atomic E-state index is 5.25.